The molecule has 5 heteroatoms. The number of amides is 1. The first kappa shape index (κ1) is 15.5. The molecule has 1 aromatic rings. The zero-order chi connectivity index (χ0) is 14.3. The molecule has 1 rings (SSSR count). The minimum Gasteiger partial charge on any atom is -0.491 e. The monoisotopic (exact) mass is 267 g/mol. The molecule has 1 amide bonds. The first-order valence-corrected chi connectivity index (χ1v) is 6.25. The van der Waals surface area contributed by atoms with Crippen LogP contribution in [0.2, 0.25) is 0 Å². The quantitative estimate of drug-likeness (QED) is 0.779. The number of hydrogen-bond acceptors (Lipinski definition) is 4. The molecule has 0 aliphatic carbocycles. The lowest BCUT2D eigenvalue weighted by molar-refractivity contribution is 0.0610. The summed E-state index contributed by atoms with van der Waals surface area (Å²) in [6.45, 7) is 4.24. The van der Waals surface area contributed by atoms with Crippen LogP contribution >= 0.6 is 0 Å². The van der Waals surface area contributed by atoms with Crippen molar-refractivity contribution in [2.24, 2.45) is 0 Å². The summed E-state index contributed by atoms with van der Waals surface area (Å²) < 4.78 is 10.3. The number of benzene rings is 1. The first-order chi connectivity index (χ1) is 9.02. The number of carbonyl (C=O) groups excluding carboxylic acids is 1. The van der Waals surface area contributed by atoms with Gasteiger partial charge in [-0.15, -0.1) is 0 Å². The number of methoxy groups -OCH3 is 1. The van der Waals surface area contributed by atoms with Crippen LogP contribution in [0.5, 0.6) is 5.75 Å². The third kappa shape index (κ3) is 5.72. The largest absolute Gasteiger partial charge is 0.491 e. The molecule has 0 spiro atoms. The molecule has 2 N–H and O–H groups in total. The fraction of sp³-hybridized carbons (Fsp3) is 0.500. The van der Waals surface area contributed by atoms with Gasteiger partial charge in [-0.1, -0.05) is 0 Å². The Bertz CT molecular complexity index is 389. The van der Waals surface area contributed by atoms with Gasteiger partial charge < -0.3 is 19.9 Å². The van der Waals surface area contributed by atoms with Crippen molar-refractivity contribution in [2.75, 3.05) is 20.3 Å². The van der Waals surface area contributed by atoms with Crippen molar-refractivity contribution >= 4 is 5.91 Å². The van der Waals surface area contributed by atoms with Gasteiger partial charge in [0.25, 0.3) is 5.91 Å². The molecule has 5 nitrogen and oxygen atoms in total. The normalized spacial score (nSPS) is 12.3. The third-order valence-corrected chi connectivity index (χ3v) is 2.35. The van der Waals surface area contributed by atoms with E-state index < -0.39 is 6.10 Å². The van der Waals surface area contributed by atoms with E-state index >= 15 is 0 Å². The van der Waals surface area contributed by atoms with E-state index in [9.17, 15) is 9.90 Å². The molecular formula is C14H21NO4. The van der Waals surface area contributed by atoms with Crippen LogP contribution in [-0.2, 0) is 4.74 Å². The summed E-state index contributed by atoms with van der Waals surface area (Å²) in [4.78, 5) is 11.8. The Morgan fingerprint density at radius 1 is 1.32 bits per heavy atom. The molecular weight excluding hydrogens is 246 g/mol. The molecule has 0 bridgehead atoms. The maximum atomic E-state index is 11.8. The van der Waals surface area contributed by atoms with Crippen LogP contribution in [0.25, 0.3) is 0 Å². The van der Waals surface area contributed by atoms with Crippen molar-refractivity contribution in [1.82, 2.24) is 5.32 Å². The van der Waals surface area contributed by atoms with Crippen molar-refractivity contribution in [3.8, 4) is 5.75 Å². The summed E-state index contributed by atoms with van der Waals surface area (Å²) in [6.07, 6.45) is -0.596. The van der Waals surface area contributed by atoms with Crippen LogP contribution in [0.3, 0.4) is 0 Å². The van der Waals surface area contributed by atoms with E-state index in [1.165, 1.54) is 7.11 Å². The highest BCUT2D eigenvalue weighted by Crippen LogP contribution is 2.13. The predicted molar refractivity (Wildman–Crippen MR) is 72.4 cm³/mol. The topological polar surface area (TPSA) is 67.8 Å². The summed E-state index contributed by atoms with van der Waals surface area (Å²) in [5, 5.41) is 12.1. The fourth-order valence-electron chi connectivity index (χ4n) is 1.52. The van der Waals surface area contributed by atoms with Gasteiger partial charge in [0.15, 0.2) is 0 Å². The lowest BCUT2D eigenvalue weighted by atomic mass is 10.2. The smallest absolute Gasteiger partial charge is 0.251 e. The highest BCUT2D eigenvalue weighted by atomic mass is 16.5. The first-order valence-electron chi connectivity index (χ1n) is 6.25. The van der Waals surface area contributed by atoms with Crippen LogP contribution in [0.1, 0.15) is 24.2 Å². The average molecular weight is 267 g/mol. The standard InChI is InChI=1S/C14H21NO4/c1-10(2)19-13-6-4-11(5-7-13)14(17)15-8-12(16)9-18-3/h4-7,10,12,16H,8-9H2,1-3H3,(H,15,17). The number of aliphatic hydroxyl groups is 1. The Morgan fingerprint density at radius 2 is 1.95 bits per heavy atom. The number of hydrogen-bond donors (Lipinski definition) is 2. The van der Waals surface area contributed by atoms with E-state index in [0.717, 1.165) is 5.75 Å². The number of nitrogens with one attached hydrogen (secondary N) is 1. The Kier molecular flexibility index (Phi) is 6.32. The Labute approximate surface area is 113 Å². The molecule has 1 atom stereocenters. The van der Waals surface area contributed by atoms with Gasteiger partial charge in [0, 0.05) is 19.2 Å². The van der Waals surface area contributed by atoms with E-state index in [2.05, 4.69) is 5.32 Å². The van der Waals surface area contributed by atoms with Gasteiger partial charge in [0.1, 0.15) is 5.75 Å². The molecule has 106 valence electrons. The lowest BCUT2D eigenvalue weighted by Crippen LogP contribution is -2.34. The highest BCUT2D eigenvalue weighted by molar-refractivity contribution is 5.94. The molecule has 0 saturated heterocycles. The van der Waals surface area contributed by atoms with Gasteiger partial charge in [-0.25, -0.2) is 0 Å². The minimum absolute atomic E-state index is 0.101. The number of rotatable bonds is 7. The maximum absolute atomic E-state index is 11.8. The van der Waals surface area contributed by atoms with E-state index in [4.69, 9.17) is 9.47 Å². The van der Waals surface area contributed by atoms with Gasteiger partial charge in [-0.05, 0) is 38.1 Å². The van der Waals surface area contributed by atoms with Gasteiger partial charge in [-0.2, -0.15) is 0 Å². The van der Waals surface area contributed by atoms with Gasteiger partial charge in [0.2, 0.25) is 0 Å². The molecule has 0 saturated carbocycles. The van der Waals surface area contributed by atoms with Gasteiger partial charge in [0.05, 0.1) is 18.8 Å². The zero-order valence-electron chi connectivity index (χ0n) is 11.6. The van der Waals surface area contributed by atoms with Crippen molar-refractivity contribution in [3.63, 3.8) is 0 Å². The highest BCUT2D eigenvalue weighted by Gasteiger charge is 2.09. The molecule has 1 aromatic carbocycles. The summed E-state index contributed by atoms with van der Waals surface area (Å²) >= 11 is 0. The lowest BCUT2D eigenvalue weighted by Gasteiger charge is -2.12. The van der Waals surface area contributed by atoms with Gasteiger partial charge in [-0.3, -0.25) is 4.79 Å². The number of carbonyl (C=O) groups is 1. The van der Waals surface area contributed by atoms with Crippen LogP contribution in [0.4, 0.5) is 0 Å². The fourth-order valence-corrected chi connectivity index (χ4v) is 1.52. The van der Waals surface area contributed by atoms with E-state index in [0.29, 0.717) is 5.56 Å². The van der Waals surface area contributed by atoms with Crippen LogP contribution in [0, 0.1) is 0 Å². The molecule has 0 aromatic heterocycles. The minimum atomic E-state index is -0.697. The van der Waals surface area contributed by atoms with E-state index in [-0.39, 0.29) is 25.2 Å². The SMILES string of the molecule is COCC(O)CNC(=O)c1ccc(OC(C)C)cc1. The second-order valence-corrected chi connectivity index (χ2v) is 4.51. The van der Waals surface area contributed by atoms with Crippen LogP contribution < -0.4 is 10.1 Å². The third-order valence-electron chi connectivity index (χ3n) is 2.35. The van der Waals surface area contributed by atoms with Crippen molar-refractivity contribution in [1.29, 1.82) is 0 Å². The van der Waals surface area contributed by atoms with E-state index in [1.54, 1.807) is 24.3 Å². The van der Waals surface area contributed by atoms with Crippen molar-refractivity contribution < 1.29 is 19.4 Å². The van der Waals surface area contributed by atoms with Crippen LogP contribution in [-0.4, -0.2) is 43.5 Å². The van der Waals surface area contributed by atoms with Crippen molar-refractivity contribution in [3.05, 3.63) is 29.8 Å². The molecule has 19 heavy (non-hydrogen) atoms. The number of aliphatic hydroxyl groups excluding tert-OH is 1. The summed E-state index contributed by atoms with van der Waals surface area (Å²) in [6, 6.07) is 6.88. The molecule has 0 aliphatic heterocycles. The second kappa shape index (κ2) is 7.76. The summed E-state index contributed by atoms with van der Waals surface area (Å²) in [5.41, 5.74) is 0.528. The predicted octanol–water partition coefficient (Wildman–Crippen LogP) is 1.21. The Hall–Kier alpha value is -1.59. The summed E-state index contributed by atoms with van der Waals surface area (Å²) in [5.74, 6) is 0.497. The summed E-state index contributed by atoms with van der Waals surface area (Å²) in [7, 11) is 1.50. The van der Waals surface area contributed by atoms with E-state index in [1.807, 2.05) is 13.8 Å². The molecule has 0 heterocycles. The molecule has 0 fully saturated rings. The zero-order valence-corrected chi connectivity index (χ0v) is 11.6. The average Bonchev–Trinajstić information content (AvgIpc) is 2.36. The van der Waals surface area contributed by atoms with Crippen molar-refractivity contribution in [2.45, 2.75) is 26.1 Å². The number of ether oxygens (including phenoxy) is 2. The Balaban J connectivity index is 2.48. The molecule has 0 aliphatic rings. The molecule has 0 radical (unpaired) electrons. The van der Waals surface area contributed by atoms with Gasteiger partial charge >= 0.3 is 0 Å². The second-order valence-electron chi connectivity index (χ2n) is 4.51. The Morgan fingerprint density at radius 3 is 2.47 bits per heavy atom. The maximum Gasteiger partial charge on any atom is 0.251 e. The van der Waals surface area contributed by atoms with Crippen LogP contribution in [0.15, 0.2) is 24.3 Å². The molecule has 1 unspecified atom stereocenters.